The molecule has 0 saturated carbocycles. The zero-order chi connectivity index (χ0) is 20.4. The van der Waals surface area contributed by atoms with Gasteiger partial charge in [-0.2, -0.15) is 0 Å². The summed E-state index contributed by atoms with van der Waals surface area (Å²) in [6.07, 6.45) is 2.77. The number of hydrogen-bond donors (Lipinski definition) is 3. The molecule has 0 spiro atoms. The van der Waals surface area contributed by atoms with Crippen LogP contribution in [0, 0.1) is 0 Å². The zero-order valence-corrected chi connectivity index (χ0v) is 18.0. The maximum Gasteiger partial charge on any atom is 0.329 e. The molecule has 0 aromatic heterocycles. The van der Waals surface area contributed by atoms with Gasteiger partial charge in [0.05, 0.1) is 26.2 Å². The van der Waals surface area contributed by atoms with Crippen molar-refractivity contribution in [1.29, 1.82) is 0 Å². The summed E-state index contributed by atoms with van der Waals surface area (Å²) in [7, 11) is 5.60. The number of rotatable bonds is 7. The number of carboxylic acid groups (broad SMARTS) is 1. The third-order valence-electron chi connectivity index (χ3n) is 3.01. The van der Waals surface area contributed by atoms with E-state index >= 15 is 0 Å². The monoisotopic (exact) mass is 371 g/mol. The molecule has 0 heterocycles. The molecular formula is C17H40ClN2O4+. The largest absolute Gasteiger partial charge is 0.480 e. The van der Waals surface area contributed by atoms with Gasteiger partial charge in [0, 0.05) is 19.9 Å². The van der Waals surface area contributed by atoms with Gasteiger partial charge in [0.2, 0.25) is 6.41 Å². The van der Waals surface area contributed by atoms with Crippen LogP contribution in [0.25, 0.3) is 0 Å². The number of carbonyl (C=O) groups is 2. The van der Waals surface area contributed by atoms with Crippen LogP contribution in [-0.4, -0.2) is 62.8 Å². The average Bonchev–Trinajstić information content (AvgIpc) is 2.55. The molecule has 0 bridgehead atoms. The lowest BCUT2D eigenvalue weighted by Gasteiger charge is -2.27. The Balaban J connectivity index is -0.000000167. The molecule has 24 heavy (non-hydrogen) atoms. The van der Waals surface area contributed by atoms with E-state index in [1.165, 1.54) is 6.38 Å². The van der Waals surface area contributed by atoms with Crippen LogP contribution in [0.15, 0.2) is 0 Å². The van der Waals surface area contributed by atoms with Crippen LogP contribution in [-0.2, 0) is 14.3 Å². The van der Waals surface area contributed by atoms with Crippen molar-refractivity contribution in [3.05, 3.63) is 0 Å². The second-order valence-electron chi connectivity index (χ2n) is 6.03. The van der Waals surface area contributed by atoms with Crippen molar-refractivity contribution in [2.24, 2.45) is 0 Å². The fourth-order valence-corrected chi connectivity index (χ4v) is 1.25. The lowest BCUT2D eigenvalue weighted by molar-refractivity contribution is -0.858. The molecule has 0 aliphatic carbocycles. The molecule has 0 aromatic rings. The number of quaternary nitrogens is 1. The molecule has 0 saturated heterocycles. The van der Waals surface area contributed by atoms with Crippen molar-refractivity contribution in [3.63, 3.8) is 0 Å². The Labute approximate surface area is 153 Å². The molecule has 0 aliphatic heterocycles. The van der Waals surface area contributed by atoms with E-state index in [1.807, 2.05) is 48.7 Å². The third kappa shape index (κ3) is 19.2. The van der Waals surface area contributed by atoms with Crippen LogP contribution in [0.4, 0.5) is 0 Å². The second kappa shape index (κ2) is 18.5. The molecule has 1 unspecified atom stereocenters. The van der Waals surface area contributed by atoms with Gasteiger partial charge >= 0.3 is 5.97 Å². The predicted molar refractivity (Wildman–Crippen MR) is 102 cm³/mol. The highest BCUT2D eigenvalue weighted by Gasteiger charge is 2.36. The minimum atomic E-state index is -1.10. The van der Waals surface area contributed by atoms with Gasteiger partial charge < -0.3 is 20.1 Å². The maximum absolute atomic E-state index is 11.0. The van der Waals surface area contributed by atoms with E-state index in [0.29, 0.717) is 25.8 Å². The van der Waals surface area contributed by atoms with E-state index in [4.69, 9.17) is 9.84 Å². The van der Waals surface area contributed by atoms with Gasteiger partial charge in [-0.1, -0.05) is 20.8 Å². The first-order valence-corrected chi connectivity index (χ1v) is 8.97. The summed E-state index contributed by atoms with van der Waals surface area (Å²) in [5, 5.41) is 11.4. The van der Waals surface area contributed by atoms with Gasteiger partial charge in [-0.3, -0.25) is 4.79 Å². The van der Waals surface area contributed by atoms with Gasteiger partial charge in [-0.25, -0.2) is 4.79 Å². The maximum atomic E-state index is 11.0. The summed E-state index contributed by atoms with van der Waals surface area (Å²) in [5.74, 6) is -0.964. The van der Waals surface area contributed by atoms with Crippen LogP contribution in [0.1, 0.15) is 54.4 Å². The molecule has 0 aromatic carbocycles. The fourth-order valence-electron chi connectivity index (χ4n) is 1.25. The lowest BCUT2D eigenvalue weighted by atomic mass is 9.92. The molecule has 1 atom stereocenters. The quantitative estimate of drug-likeness (QED) is 0.471. The Kier molecular flexibility index (Phi) is 23.9. The van der Waals surface area contributed by atoms with Crippen LogP contribution in [0.3, 0.4) is 0 Å². The first-order valence-electron chi connectivity index (χ1n) is 8.21. The van der Waals surface area contributed by atoms with Crippen LogP contribution in [0.5, 0.6) is 0 Å². The molecule has 6 nitrogen and oxygen atoms in total. The van der Waals surface area contributed by atoms with E-state index in [0.717, 1.165) is 4.90 Å². The molecule has 0 aliphatic rings. The summed E-state index contributed by atoms with van der Waals surface area (Å²) >= 11 is 4.64. The Morgan fingerprint density at radius 2 is 1.62 bits per heavy atom. The lowest BCUT2D eigenvalue weighted by Crippen LogP contribution is -3.06. The topological polar surface area (TPSA) is 80.1 Å². The van der Waals surface area contributed by atoms with Crippen LogP contribution < -0.4 is 10.2 Å². The van der Waals surface area contributed by atoms with E-state index in [9.17, 15) is 9.59 Å². The van der Waals surface area contributed by atoms with Gasteiger partial charge in [-0.15, -0.1) is 11.6 Å². The minimum absolute atomic E-state index is 0.0417. The van der Waals surface area contributed by atoms with Crippen molar-refractivity contribution in [1.82, 2.24) is 5.32 Å². The second-order valence-corrected chi connectivity index (χ2v) is 6.03. The number of amides is 1. The van der Waals surface area contributed by atoms with Gasteiger partial charge in [0.25, 0.3) is 0 Å². The minimum Gasteiger partial charge on any atom is -0.480 e. The molecule has 148 valence electrons. The summed E-state index contributed by atoms with van der Waals surface area (Å²) < 4.78 is 4.94. The Bertz CT molecular complexity index is 295. The average molecular weight is 372 g/mol. The number of methoxy groups -OCH3 is 1. The van der Waals surface area contributed by atoms with Crippen molar-refractivity contribution >= 4 is 24.0 Å². The molecule has 1 amide bonds. The molecule has 7 heteroatoms. The van der Waals surface area contributed by atoms with E-state index < -0.39 is 11.5 Å². The number of carbonyl (C=O) groups excluding carboxylic acids is 1. The van der Waals surface area contributed by atoms with Crippen molar-refractivity contribution in [2.45, 2.75) is 65.5 Å². The predicted octanol–water partition coefficient (Wildman–Crippen LogP) is 1.81. The van der Waals surface area contributed by atoms with E-state index in [-0.39, 0.29) is 5.60 Å². The number of carboxylic acids is 1. The first-order chi connectivity index (χ1) is 11.0. The molecule has 0 fully saturated rings. The van der Waals surface area contributed by atoms with E-state index in [1.54, 1.807) is 14.0 Å². The molecular weight excluding hydrogens is 332 g/mol. The SMILES string of the molecule is CC.CCC(CC[NH+](C)C)(NC=O)C(=O)O.CCl.COC(C)(C)C. The summed E-state index contributed by atoms with van der Waals surface area (Å²) in [6, 6.07) is 0. The summed E-state index contributed by atoms with van der Waals surface area (Å²) in [4.78, 5) is 22.5. The molecule has 0 radical (unpaired) electrons. The Hall–Kier alpha value is -0.850. The number of aliphatic carboxylic acids is 1. The van der Waals surface area contributed by atoms with Crippen LogP contribution >= 0.6 is 11.6 Å². The van der Waals surface area contributed by atoms with Crippen LogP contribution in [0.2, 0.25) is 0 Å². The third-order valence-corrected chi connectivity index (χ3v) is 3.01. The number of halogens is 1. The van der Waals surface area contributed by atoms with Crippen molar-refractivity contribution in [3.8, 4) is 0 Å². The highest BCUT2D eigenvalue weighted by atomic mass is 35.5. The molecule has 3 N–H and O–H groups in total. The number of hydrogen-bond acceptors (Lipinski definition) is 3. The Morgan fingerprint density at radius 3 is 1.79 bits per heavy atom. The highest BCUT2D eigenvalue weighted by Crippen LogP contribution is 2.13. The smallest absolute Gasteiger partial charge is 0.329 e. The summed E-state index contributed by atoms with van der Waals surface area (Å²) in [5.41, 5.74) is -1.06. The zero-order valence-electron chi connectivity index (χ0n) is 17.2. The number of nitrogens with one attached hydrogen (secondary N) is 2. The van der Waals surface area contributed by atoms with Crippen molar-refractivity contribution in [2.75, 3.05) is 34.1 Å². The van der Waals surface area contributed by atoms with Gasteiger partial charge in [0.1, 0.15) is 5.54 Å². The fraction of sp³-hybridized carbons (Fsp3) is 0.882. The van der Waals surface area contributed by atoms with Crippen molar-refractivity contribution < 1.29 is 24.3 Å². The summed E-state index contributed by atoms with van der Waals surface area (Å²) in [6.45, 7) is 12.5. The van der Waals surface area contributed by atoms with Gasteiger partial charge in [0.15, 0.2) is 0 Å². The normalized spacial score (nSPS) is 12.2. The van der Waals surface area contributed by atoms with E-state index in [2.05, 4.69) is 16.9 Å². The highest BCUT2D eigenvalue weighted by molar-refractivity contribution is 6.15. The standard InChI is InChI=1S/C9H18N2O3.C5H12O.C2H6.CH3Cl/c1-4-9(8(13)14,10-7-12)5-6-11(2)3;1-5(2,3)6-4;2*1-2/h7H,4-6H2,1-3H3,(H,10,12)(H,13,14);1-4H3;1-2H3;1H3/p+1. The first kappa shape index (κ1) is 31.0. The molecule has 0 rings (SSSR count). The van der Waals surface area contributed by atoms with Gasteiger partial charge in [-0.05, 0) is 27.2 Å². The Morgan fingerprint density at radius 1 is 1.25 bits per heavy atom. The number of alkyl halides is 1. The number of ether oxygens (including phenoxy) is 1.